The van der Waals surface area contributed by atoms with E-state index in [4.69, 9.17) is 18.9 Å². The molecule has 5 aliphatic carbocycles. The lowest BCUT2D eigenvalue weighted by molar-refractivity contribution is -0.228. The van der Waals surface area contributed by atoms with Gasteiger partial charge in [-0.15, -0.1) is 0 Å². The number of allylic oxidation sites excluding steroid dienone is 1. The minimum Gasteiger partial charge on any atom is -0.494 e. The Morgan fingerprint density at radius 3 is 2.50 bits per heavy atom. The van der Waals surface area contributed by atoms with E-state index in [9.17, 15) is 29.1 Å². The summed E-state index contributed by atoms with van der Waals surface area (Å²) in [6.45, 7) is 6.90. The van der Waals surface area contributed by atoms with Crippen LogP contribution in [0.5, 0.6) is 5.75 Å². The van der Waals surface area contributed by atoms with E-state index >= 15 is 0 Å². The molecule has 0 aromatic heterocycles. The van der Waals surface area contributed by atoms with Crippen LogP contribution in [0, 0.1) is 34.5 Å². The topological polar surface area (TPSA) is 161 Å². The SMILES string of the molecule is CC[C@]12C=CCN3CC[C@@]4(c5cc(NC(=O)CCC(=O)O[C@H]6CC[C@H]7[C@@H]8CCC9=CC(=O)CC[C@@H]9[C@H]8CC[C@]67C)c(OC)cc5N(C)[C@H]4[C@@](O)(C(=O)OC)[C@@H]1OC(C)=O)[C@@H]32. The number of amides is 1. The van der Waals surface area contributed by atoms with Crippen molar-refractivity contribution in [3.8, 4) is 5.75 Å². The zero-order chi connectivity index (χ0) is 42.5. The molecule has 12 atom stereocenters. The number of ketones is 1. The van der Waals surface area contributed by atoms with Crippen LogP contribution in [-0.2, 0) is 43.6 Å². The summed E-state index contributed by atoms with van der Waals surface area (Å²) in [5.74, 6) is 0.632. The number of esters is 3. The van der Waals surface area contributed by atoms with Crippen LogP contribution >= 0.6 is 0 Å². The molecule has 60 heavy (non-hydrogen) atoms. The van der Waals surface area contributed by atoms with E-state index in [1.54, 1.807) is 0 Å². The maximum absolute atomic E-state index is 14.0. The molecule has 8 aliphatic rings. The standard InChI is InChI=1S/C47H61N3O10/c1-7-45-18-8-21-50-22-20-46(40(45)50)33-24-34(36(57-5)25-35(33)49(4)41(46)47(56,43(55)58-6)42(45)59-26(2)51)48-38(53)15-16-39(54)60-37-14-13-32-31-11-9-27-23-28(52)10-12-29(27)30(31)17-19-44(32,37)3/h8,18,23-25,29-32,37,40-42,56H,7,9-17,19-22H2,1-6H3,(H,48,53)/t29-,30+,31+,32-,37-,40-,41+,42+,44-,45+,46+,47-/m0/s1. The van der Waals surface area contributed by atoms with Crippen molar-refractivity contribution in [1.82, 2.24) is 4.90 Å². The lowest BCUT2D eigenvalue weighted by atomic mass is 9.47. The number of carbonyl (C=O) groups is 5. The van der Waals surface area contributed by atoms with E-state index < -0.39 is 40.5 Å². The first-order chi connectivity index (χ1) is 28.7. The van der Waals surface area contributed by atoms with E-state index in [0.29, 0.717) is 67.5 Å². The fraction of sp³-hybridized carbons (Fsp3) is 0.681. The van der Waals surface area contributed by atoms with E-state index in [1.807, 2.05) is 49.2 Å². The average molecular weight is 828 g/mol. The van der Waals surface area contributed by atoms with Gasteiger partial charge in [-0.2, -0.15) is 0 Å². The molecule has 1 spiro atoms. The van der Waals surface area contributed by atoms with Crippen molar-refractivity contribution >= 4 is 41.0 Å². The van der Waals surface area contributed by atoms with Crippen LogP contribution < -0.4 is 15.0 Å². The minimum atomic E-state index is -2.26. The second kappa shape index (κ2) is 14.7. The predicted molar refractivity (Wildman–Crippen MR) is 221 cm³/mol. The molecule has 13 nitrogen and oxygen atoms in total. The molecular weight excluding hydrogens is 767 g/mol. The van der Waals surface area contributed by atoms with E-state index in [2.05, 4.69) is 17.1 Å². The van der Waals surface area contributed by atoms with Crippen LogP contribution in [0.25, 0.3) is 0 Å². The Balaban J connectivity index is 0.939. The van der Waals surface area contributed by atoms with Crippen molar-refractivity contribution in [2.24, 2.45) is 34.5 Å². The van der Waals surface area contributed by atoms with Crippen LogP contribution in [0.3, 0.4) is 0 Å². The second-order valence-corrected chi connectivity index (χ2v) is 19.4. The molecule has 13 heteroatoms. The Kier molecular flexibility index (Phi) is 10.1. The highest BCUT2D eigenvalue weighted by molar-refractivity contribution is 5.95. The number of fused-ring (bicyclic) bond motifs is 6. The van der Waals surface area contributed by atoms with Crippen LogP contribution in [0.1, 0.15) is 103 Å². The van der Waals surface area contributed by atoms with Crippen molar-refractivity contribution in [3.05, 3.63) is 41.5 Å². The van der Waals surface area contributed by atoms with Gasteiger partial charge >= 0.3 is 17.9 Å². The first-order valence-electron chi connectivity index (χ1n) is 22.3. The van der Waals surface area contributed by atoms with E-state index in [0.717, 1.165) is 56.2 Å². The van der Waals surface area contributed by atoms with Crippen molar-refractivity contribution in [3.63, 3.8) is 0 Å². The molecule has 5 fully saturated rings. The van der Waals surface area contributed by atoms with Crippen molar-refractivity contribution in [2.75, 3.05) is 44.6 Å². The van der Waals surface area contributed by atoms with Gasteiger partial charge in [-0.3, -0.25) is 24.1 Å². The molecular formula is C47H61N3O10. The first-order valence-corrected chi connectivity index (χ1v) is 22.3. The number of aliphatic hydroxyl groups is 1. The zero-order valence-corrected chi connectivity index (χ0v) is 35.9. The van der Waals surface area contributed by atoms with Gasteiger partial charge in [0.05, 0.1) is 32.4 Å². The summed E-state index contributed by atoms with van der Waals surface area (Å²) in [7, 11) is 4.57. The maximum Gasteiger partial charge on any atom is 0.344 e. The fourth-order valence-corrected chi connectivity index (χ4v) is 14.8. The number of hydrogen-bond donors (Lipinski definition) is 2. The predicted octanol–water partition coefficient (Wildman–Crippen LogP) is 5.41. The van der Waals surface area contributed by atoms with Crippen LogP contribution in [0.4, 0.5) is 11.4 Å². The van der Waals surface area contributed by atoms with Gasteiger partial charge in [0, 0.05) is 67.4 Å². The molecule has 9 rings (SSSR count). The Bertz CT molecular complexity index is 2070. The highest BCUT2D eigenvalue weighted by Crippen LogP contribution is 2.68. The molecule has 4 saturated carbocycles. The Morgan fingerprint density at radius 1 is 0.967 bits per heavy atom. The molecule has 3 aliphatic heterocycles. The number of nitrogens with zero attached hydrogens (tertiary/aromatic N) is 2. The van der Waals surface area contributed by atoms with Crippen molar-refractivity contribution in [2.45, 2.75) is 133 Å². The number of anilines is 2. The summed E-state index contributed by atoms with van der Waals surface area (Å²) < 4.78 is 23.4. The fourth-order valence-electron chi connectivity index (χ4n) is 14.8. The second-order valence-electron chi connectivity index (χ2n) is 19.4. The summed E-state index contributed by atoms with van der Waals surface area (Å²) >= 11 is 0. The Hall–Kier alpha value is -4.23. The number of nitrogens with one attached hydrogen (secondary N) is 1. The van der Waals surface area contributed by atoms with Crippen LogP contribution in [0.15, 0.2) is 35.9 Å². The quantitative estimate of drug-likeness (QED) is 0.185. The van der Waals surface area contributed by atoms with E-state index in [1.165, 1.54) is 26.7 Å². The molecule has 1 aromatic carbocycles. The maximum atomic E-state index is 14.0. The summed E-state index contributed by atoms with van der Waals surface area (Å²) in [5.41, 5.74) is -0.801. The number of hydrogen-bond acceptors (Lipinski definition) is 12. The van der Waals surface area contributed by atoms with Crippen molar-refractivity contribution in [1.29, 1.82) is 0 Å². The normalized spacial score (nSPS) is 39.5. The number of methoxy groups -OCH3 is 2. The third kappa shape index (κ3) is 5.72. The third-order valence-corrected chi connectivity index (χ3v) is 17.0. The van der Waals surface area contributed by atoms with Crippen LogP contribution in [-0.4, -0.2) is 104 Å². The van der Waals surface area contributed by atoms with Gasteiger partial charge in [0.15, 0.2) is 11.9 Å². The van der Waals surface area contributed by atoms with Gasteiger partial charge in [0.2, 0.25) is 11.5 Å². The molecule has 1 saturated heterocycles. The van der Waals surface area contributed by atoms with Gasteiger partial charge in [0.25, 0.3) is 0 Å². The molecule has 324 valence electrons. The molecule has 0 radical (unpaired) electrons. The molecule has 1 aromatic rings. The highest BCUT2D eigenvalue weighted by Gasteiger charge is 2.80. The zero-order valence-electron chi connectivity index (χ0n) is 35.9. The first kappa shape index (κ1) is 41.1. The monoisotopic (exact) mass is 827 g/mol. The third-order valence-electron chi connectivity index (χ3n) is 17.0. The minimum absolute atomic E-state index is 0.0620. The van der Waals surface area contributed by atoms with Gasteiger partial charge in [-0.05, 0) is 106 Å². The van der Waals surface area contributed by atoms with Crippen molar-refractivity contribution < 1.29 is 48.0 Å². The number of rotatable bonds is 9. The van der Waals surface area contributed by atoms with Crippen LogP contribution in [0.2, 0.25) is 0 Å². The smallest absolute Gasteiger partial charge is 0.344 e. The number of likely N-dealkylation sites (N-methyl/N-ethyl adjacent to an activating group) is 1. The van der Waals surface area contributed by atoms with E-state index in [-0.39, 0.29) is 48.1 Å². The molecule has 2 N–H and O–H groups in total. The van der Waals surface area contributed by atoms with Gasteiger partial charge in [0.1, 0.15) is 11.9 Å². The lowest BCUT2D eigenvalue weighted by Crippen LogP contribution is -2.81. The summed E-state index contributed by atoms with van der Waals surface area (Å²) in [4.78, 5) is 70.4. The van der Waals surface area contributed by atoms with Gasteiger partial charge < -0.3 is 34.3 Å². The summed E-state index contributed by atoms with van der Waals surface area (Å²) in [6, 6.07) is 2.56. The molecule has 3 heterocycles. The average Bonchev–Trinajstić information content (AvgIpc) is 3.86. The summed E-state index contributed by atoms with van der Waals surface area (Å²) in [6.07, 6.45) is 13.1. The Morgan fingerprint density at radius 2 is 1.77 bits per heavy atom. The largest absolute Gasteiger partial charge is 0.494 e. The van der Waals surface area contributed by atoms with Gasteiger partial charge in [-0.1, -0.05) is 31.6 Å². The molecule has 1 amide bonds. The number of carbonyl (C=O) groups excluding carboxylic acids is 5. The Labute approximate surface area is 352 Å². The number of benzene rings is 1. The molecule has 0 unspecified atom stereocenters. The summed E-state index contributed by atoms with van der Waals surface area (Å²) in [5, 5.41) is 16.0. The van der Waals surface area contributed by atoms with Gasteiger partial charge in [-0.25, -0.2) is 4.79 Å². The number of ether oxygens (including phenoxy) is 4. The molecule has 0 bridgehead atoms. The highest BCUT2D eigenvalue weighted by atomic mass is 16.6. The lowest BCUT2D eigenvalue weighted by Gasteiger charge is -2.63.